The zero-order chi connectivity index (χ0) is 23.3. The van der Waals surface area contributed by atoms with Crippen molar-refractivity contribution < 1.29 is 13.9 Å². The van der Waals surface area contributed by atoms with Crippen LogP contribution >= 0.6 is 0 Å². The molecule has 6 heteroatoms. The van der Waals surface area contributed by atoms with E-state index >= 15 is 0 Å². The van der Waals surface area contributed by atoms with Crippen LogP contribution < -0.4 is 4.90 Å². The zero-order valence-corrected chi connectivity index (χ0v) is 20.8. The number of hydrogen-bond acceptors (Lipinski definition) is 6. The van der Waals surface area contributed by atoms with Crippen LogP contribution in [0.15, 0.2) is 22.8 Å². The average molecular weight is 468 g/mol. The van der Waals surface area contributed by atoms with Crippen molar-refractivity contribution in [2.45, 2.75) is 64.7 Å². The van der Waals surface area contributed by atoms with Crippen LogP contribution in [-0.2, 0) is 9.53 Å². The minimum atomic E-state index is 0.504. The SMILES string of the molecule is Cc1cc2occc2c(N2CCN(CCC3CCC(CC(=O)CC4CCOCC4)CC3)CC2)n1. The number of ketones is 1. The Hall–Kier alpha value is -1.92. The van der Waals surface area contributed by atoms with Crippen LogP contribution in [0.4, 0.5) is 5.82 Å². The molecule has 3 fully saturated rings. The lowest BCUT2D eigenvalue weighted by molar-refractivity contribution is -0.121. The maximum absolute atomic E-state index is 12.5. The number of aromatic nitrogens is 1. The minimum absolute atomic E-state index is 0.504. The number of anilines is 1. The highest BCUT2D eigenvalue weighted by molar-refractivity contribution is 5.89. The van der Waals surface area contributed by atoms with Gasteiger partial charge in [-0.15, -0.1) is 0 Å². The molecular formula is C28H41N3O3. The molecule has 34 heavy (non-hydrogen) atoms. The van der Waals surface area contributed by atoms with Crippen LogP contribution in [0.3, 0.4) is 0 Å². The van der Waals surface area contributed by atoms with Gasteiger partial charge < -0.3 is 14.1 Å². The van der Waals surface area contributed by atoms with Crippen molar-refractivity contribution in [1.82, 2.24) is 9.88 Å². The quantitative estimate of drug-likeness (QED) is 0.530. The maximum atomic E-state index is 12.5. The molecule has 2 aromatic heterocycles. The van der Waals surface area contributed by atoms with Gasteiger partial charge in [0, 0.05) is 64.0 Å². The molecule has 0 unspecified atom stereocenters. The summed E-state index contributed by atoms with van der Waals surface area (Å²) in [7, 11) is 0. The van der Waals surface area contributed by atoms with E-state index in [0.717, 1.165) is 93.5 Å². The second-order valence-electron chi connectivity index (χ2n) is 10.9. The standard InChI is InChI=1S/C28H41N3O3/c1-21-18-27-26(9-17-34-27)28(29-21)31-13-11-30(12-14-31)10-6-22-2-4-23(5-3-22)19-25(32)20-24-7-15-33-16-8-24/h9,17-18,22-24H,2-8,10-16,19-20H2,1H3. The molecule has 3 aliphatic rings. The lowest BCUT2D eigenvalue weighted by Crippen LogP contribution is -2.47. The molecule has 1 saturated carbocycles. The van der Waals surface area contributed by atoms with Gasteiger partial charge in [-0.3, -0.25) is 9.69 Å². The number of fused-ring (bicyclic) bond motifs is 1. The van der Waals surface area contributed by atoms with Crippen molar-refractivity contribution in [1.29, 1.82) is 0 Å². The smallest absolute Gasteiger partial charge is 0.140 e. The maximum Gasteiger partial charge on any atom is 0.140 e. The number of ether oxygens (including phenoxy) is 1. The highest BCUT2D eigenvalue weighted by Gasteiger charge is 2.26. The lowest BCUT2D eigenvalue weighted by Gasteiger charge is -2.37. The molecule has 2 aliphatic heterocycles. The van der Waals surface area contributed by atoms with E-state index in [1.165, 1.54) is 38.6 Å². The van der Waals surface area contributed by atoms with Gasteiger partial charge in [0.05, 0.1) is 11.6 Å². The molecule has 0 bridgehead atoms. The number of pyridine rings is 1. The Labute approximate surface area is 204 Å². The molecule has 0 radical (unpaired) electrons. The summed E-state index contributed by atoms with van der Waals surface area (Å²) in [5.74, 6) is 3.63. The second-order valence-corrected chi connectivity index (χ2v) is 10.9. The van der Waals surface area contributed by atoms with Gasteiger partial charge in [0.1, 0.15) is 17.2 Å². The lowest BCUT2D eigenvalue weighted by atomic mass is 9.77. The first-order chi connectivity index (χ1) is 16.6. The zero-order valence-electron chi connectivity index (χ0n) is 20.8. The van der Waals surface area contributed by atoms with Crippen molar-refractivity contribution in [2.24, 2.45) is 17.8 Å². The third-order valence-corrected chi connectivity index (χ3v) is 8.42. The van der Waals surface area contributed by atoms with Crippen molar-refractivity contribution >= 4 is 22.6 Å². The van der Waals surface area contributed by atoms with Crippen molar-refractivity contribution in [3.8, 4) is 0 Å². The molecule has 5 rings (SSSR count). The number of Topliss-reactive ketones (excluding diaryl/α,β-unsaturated/α-hetero) is 1. The Balaban J connectivity index is 1.00. The first kappa shape index (κ1) is 23.8. The second kappa shape index (κ2) is 11.2. The normalized spacial score (nSPS) is 25.1. The van der Waals surface area contributed by atoms with Gasteiger partial charge in [0.15, 0.2) is 0 Å². The van der Waals surface area contributed by atoms with Gasteiger partial charge in [-0.05, 0) is 69.4 Å². The van der Waals surface area contributed by atoms with E-state index in [1.807, 2.05) is 19.1 Å². The van der Waals surface area contributed by atoms with Crippen LogP contribution in [0.5, 0.6) is 0 Å². The summed E-state index contributed by atoms with van der Waals surface area (Å²) in [6, 6.07) is 4.06. The third-order valence-electron chi connectivity index (χ3n) is 8.42. The highest BCUT2D eigenvalue weighted by atomic mass is 16.5. The van der Waals surface area contributed by atoms with Gasteiger partial charge in [0.25, 0.3) is 0 Å². The number of piperazine rings is 1. The molecular weight excluding hydrogens is 426 g/mol. The number of furan rings is 1. The minimum Gasteiger partial charge on any atom is -0.464 e. The Morgan fingerprint density at radius 3 is 2.38 bits per heavy atom. The van der Waals surface area contributed by atoms with Gasteiger partial charge >= 0.3 is 0 Å². The van der Waals surface area contributed by atoms with Crippen LogP contribution in [0.1, 0.15) is 63.5 Å². The number of nitrogens with zero attached hydrogens (tertiary/aromatic N) is 3. The van der Waals surface area contributed by atoms with E-state index in [2.05, 4.69) is 9.80 Å². The topological polar surface area (TPSA) is 58.8 Å². The van der Waals surface area contributed by atoms with E-state index in [1.54, 1.807) is 6.26 Å². The van der Waals surface area contributed by atoms with Gasteiger partial charge in [0.2, 0.25) is 0 Å². The molecule has 2 aromatic rings. The number of aryl methyl sites for hydroxylation is 1. The largest absolute Gasteiger partial charge is 0.464 e. The molecule has 6 nitrogen and oxygen atoms in total. The predicted molar refractivity (Wildman–Crippen MR) is 135 cm³/mol. The first-order valence-corrected chi connectivity index (χ1v) is 13.6. The van der Waals surface area contributed by atoms with Crippen molar-refractivity contribution in [3.63, 3.8) is 0 Å². The Morgan fingerprint density at radius 2 is 1.65 bits per heavy atom. The number of hydrogen-bond donors (Lipinski definition) is 0. The third kappa shape index (κ3) is 6.01. The highest BCUT2D eigenvalue weighted by Crippen LogP contribution is 2.34. The fourth-order valence-corrected chi connectivity index (χ4v) is 6.26. The fourth-order valence-electron chi connectivity index (χ4n) is 6.26. The summed E-state index contributed by atoms with van der Waals surface area (Å²) in [6.45, 7) is 9.19. The molecule has 0 N–H and O–H groups in total. The van der Waals surface area contributed by atoms with Crippen LogP contribution in [0.25, 0.3) is 11.0 Å². The van der Waals surface area contributed by atoms with Crippen LogP contribution in [-0.4, -0.2) is 61.6 Å². The Bertz CT molecular complexity index is 936. The number of carbonyl (C=O) groups is 1. The molecule has 0 aromatic carbocycles. The van der Waals surface area contributed by atoms with Crippen LogP contribution in [0.2, 0.25) is 0 Å². The van der Waals surface area contributed by atoms with E-state index in [9.17, 15) is 4.79 Å². The van der Waals surface area contributed by atoms with E-state index in [-0.39, 0.29) is 0 Å². The Morgan fingerprint density at radius 1 is 0.971 bits per heavy atom. The van der Waals surface area contributed by atoms with Crippen LogP contribution in [0, 0.1) is 24.7 Å². The predicted octanol–water partition coefficient (Wildman–Crippen LogP) is 5.23. The fraction of sp³-hybridized carbons (Fsp3) is 0.714. The summed E-state index contributed by atoms with van der Waals surface area (Å²) in [5.41, 5.74) is 1.95. The summed E-state index contributed by atoms with van der Waals surface area (Å²) < 4.78 is 11.0. The van der Waals surface area contributed by atoms with Gasteiger partial charge in [-0.25, -0.2) is 4.98 Å². The first-order valence-electron chi connectivity index (χ1n) is 13.6. The Kier molecular flexibility index (Phi) is 7.85. The number of carbonyl (C=O) groups excluding carboxylic acids is 1. The average Bonchev–Trinajstić information content (AvgIpc) is 3.32. The molecule has 0 amide bonds. The van der Waals surface area contributed by atoms with Crippen molar-refractivity contribution in [3.05, 3.63) is 24.1 Å². The molecule has 186 valence electrons. The molecule has 0 spiro atoms. The van der Waals surface area contributed by atoms with E-state index < -0.39 is 0 Å². The van der Waals surface area contributed by atoms with E-state index in [4.69, 9.17) is 14.1 Å². The van der Waals surface area contributed by atoms with E-state index in [0.29, 0.717) is 17.6 Å². The van der Waals surface area contributed by atoms with Crippen molar-refractivity contribution in [2.75, 3.05) is 50.8 Å². The molecule has 4 heterocycles. The molecule has 2 saturated heterocycles. The van der Waals surface area contributed by atoms with Gasteiger partial charge in [-0.2, -0.15) is 0 Å². The van der Waals surface area contributed by atoms with Gasteiger partial charge in [-0.1, -0.05) is 12.8 Å². The summed E-state index contributed by atoms with van der Waals surface area (Å²) in [4.78, 5) is 22.4. The monoisotopic (exact) mass is 467 g/mol. The summed E-state index contributed by atoms with van der Waals surface area (Å²) >= 11 is 0. The summed E-state index contributed by atoms with van der Waals surface area (Å²) in [5, 5.41) is 1.13. The molecule has 1 aliphatic carbocycles. The molecule has 0 atom stereocenters. The number of rotatable bonds is 8. The summed E-state index contributed by atoms with van der Waals surface area (Å²) in [6.07, 6.45) is 11.9.